The van der Waals surface area contributed by atoms with Crippen molar-refractivity contribution in [3.63, 3.8) is 0 Å². The summed E-state index contributed by atoms with van der Waals surface area (Å²) in [4.78, 5) is 23.0. The number of urea groups is 1. The Hall–Kier alpha value is -2.28. The first kappa shape index (κ1) is 15.1. The quantitative estimate of drug-likeness (QED) is 0.776. The highest BCUT2D eigenvalue weighted by molar-refractivity contribution is 5.90. The van der Waals surface area contributed by atoms with E-state index in [2.05, 4.69) is 10.6 Å². The summed E-state index contributed by atoms with van der Waals surface area (Å²) in [6.07, 6.45) is 0. The first-order chi connectivity index (χ1) is 10.0. The van der Waals surface area contributed by atoms with Gasteiger partial charge >= 0.3 is 12.0 Å². The predicted molar refractivity (Wildman–Crippen MR) is 75.6 cm³/mol. The summed E-state index contributed by atoms with van der Waals surface area (Å²) in [6, 6.07) is 4.29. The van der Waals surface area contributed by atoms with Crippen molar-refractivity contribution in [2.24, 2.45) is 5.92 Å². The van der Waals surface area contributed by atoms with Crippen LogP contribution in [0.1, 0.15) is 5.56 Å². The van der Waals surface area contributed by atoms with Gasteiger partial charge in [-0.05, 0) is 30.7 Å². The Balaban J connectivity index is 1.97. The van der Waals surface area contributed by atoms with E-state index in [1.54, 1.807) is 25.3 Å². The maximum absolute atomic E-state index is 11.9. The molecular formula is C14H18N2O5. The van der Waals surface area contributed by atoms with E-state index in [1.165, 1.54) is 0 Å². The number of aryl methyl sites for hydroxylation is 1. The Morgan fingerprint density at radius 3 is 2.76 bits per heavy atom. The third-order valence-corrected chi connectivity index (χ3v) is 3.40. The second-order valence-corrected chi connectivity index (χ2v) is 4.87. The van der Waals surface area contributed by atoms with Gasteiger partial charge in [-0.25, -0.2) is 4.79 Å². The maximum Gasteiger partial charge on any atom is 0.319 e. The Morgan fingerprint density at radius 1 is 1.38 bits per heavy atom. The number of carbonyl (C=O) groups excluding carboxylic acids is 1. The van der Waals surface area contributed by atoms with Gasteiger partial charge < -0.3 is 25.2 Å². The van der Waals surface area contributed by atoms with Gasteiger partial charge in [-0.1, -0.05) is 0 Å². The summed E-state index contributed by atoms with van der Waals surface area (Å²) in [5.41, 5.74) is 1.49. The van der Waals surface area contributed by atoms with Gasteiger partial charge in [0.2, 0.25) is 0 Å². The van der Waals surface area contributed by atoms with Crippen LogP contribution in [0.5, 0.6) is 5.75 Å². The molecule has 0 aliphatic carbocycles. The minimum absolute atomic E-state index is 0.113. The van der Waals surface area contributed by atoms with Crippen molar-refractivity contribution < 1.29 is 24.2 Å². The van der Waals surface area contributed by atoms with Gasteiger partial charge in [0, 0.05) is 5.69 Å². The van der Waals surface area contributed by atoms with Gasteiger partial charge in [0.1, 0.15) is 11.7 Å². The highest BCUT2D eigenvalue weighted by atomic mass is 16.5. The monoisotopic (exact) mass is 294 g/mol. The van der Waals surface area contributed by atoms with E-state index in [1.807, 2.05) is 6.92 Å². The van der Waals surface area contributed by atoms with Crippen LogP contribution < -0.4 is 15.4 Å². The van der Waals surface area contributed by atoms with Gasteiger partial charge in [0.25, 0.3) is 0 Å². The molecule has 2 atom stereocenters. The van der Waals surface area contributed by atoms with Crippen molar-refractivity contribution in [1.29, 1.82) is 0 Å². The molecule has 0 bridgehead atoms. The molecular weight excluding hydrogens is 276 g/mol. The molecule has 2 unspecified atom stereocenters. The van der Waals surface area contributed by atoms with Crippen molar-refractivity contribution in [3.8, 4) is 5.75 Å². The van der Waals surface area contributed by atoms with E-state index in [9.17, 15) is 9.59 Å². The minimum Gasteiger partial charge on any atom is -0.497 e. The van der Waals surface area contributed by atoms with Crippen LogP contribution >= 0.6 is 0 Å². The first-order valence-electron chi connectivity index (χ1n) is 6.54. The zero-order valence-electron chi connectivity index (χ0n) is 11.9. The molecule has 1 aromatic carbocycles. The number of nitrogens with one attached hydrogen (secondary N) is 2. The Bertz CT molecular complexity index is 546. The van der Waals surface area contributed by atoms with Crippen LogP contribution in [-0.4, -0.2) is 43.5 Å². The van der Waals surface area contributed by atoms with Crippen LogP contribution in [-0.2, 0) is 9.53 Å². The van der Waals surface area contributed by atoms with Crippen molar-refractivity contribution in [3.05, 3.63) is 23.8 Å². The molecule has 1 fully saturated rings. The van der Waals surface area contributed by atoms with Crippen LogP contribution in [0.15, 0.2) is 18.2 Å². The number of carboxylic acids is 1. The zero-order valence-corrected chi connectivity index (χ0v) is 11.9. The number of amides is 2. The lowest BCUT2D eigenvalue weighted by atomic mass is 10.0. The predicted octanol–water partition coefficient (Wildman–Crippen LogP) is 1.22. The molecule has 1 aliphatic heterocycles. The van der Waals surface area contributed by atoms with Crippen LogP contribution in [0.25, 0.3) is 0 Å². The SMILES string of the molecule is COc1ccc(NC(=O)NC2COCC2C(=O)O)c(C)c1. The van der Waals surface area contributed by atoms with E-state index in [-0.39, 0.29) is 13.2 Å². The first-order valence-corrected chi connectivity index (χ1v) is 6.54. The molecule has 3 N–H and O–H groups in total. The van der Waals surface area contributed by atoms with Crippen molar-refractivity contribution in [2.45, 2.75) is 13.0 Å². The molecule has 1 saturated heterocycles. The second-order valence-electron chi connectivity index (χ2n) is 4.87. The van der Waals surface area contributed by atoms with E-state index in [4.69, 9.17) is 14.6 Å². The maximum atomic E-state index is 11.9. The third kappa shape index (κ3) is 3.63. The normalized spacial score (nSPS) is 20.9. The number of aliphatic carboxylic acids is 1. The van der Waals surface area contributed by atoms with Gasteiger partial charge in [-0.3, -0.25) is 4.79 Å². The van der Waals surface area contributed by atoms with Crippen LogP contribution in [0.2, 0.25) is 0 Å². The Kier molecular flexibility index (Phi) is 4.64. The molecule has 0 aromatic heterocycles. The molecule has 1 aromatic rings. The molecule has 2 amide bonds. The minimum atomic E-state index is -0.974. The highest BCUT2D eigenvalue weighted by Crippen LogP contribution is 2.21. The molecule has 7 nitrogen and oxygen atoms in total. The molecule has 0 spiro atoms. The highest BCUT2D eigenvalue weighted by Gasteiger charge is 2.35. The summed E-state index contributed by atoms with van der Waals surface area (Å²) >= 11 is 0. The average molecular weight is 294 g/mol. The summed E-state index contributed by atoms with van der Waals surface area (Å²) < 4.78 is 10.2. The third-order valence-electron chi connectivity index (χ3n) is 3.40. The lowest BCUT2D eigenvalue weighted by Gasteiger charge is -2.17. The summed E-state index contributed by atoms with van der Waals surface area (Å²) in [5, 5.41) is 14.3. The number of carboxylic acid groups (broad SMARTS) is 1. The lowest BCUT2D eigenvalue weighted by Crippen LogP contribution is -2.44. The number of carbonyl (C=O) groups is 2. The van der Waals surface area contributed by atoms with Crippen molar-refractivity contribution >= 4 is 17.7 Å². The molecule has 21 heavy (non-hydrogen) atoms. The van der Waals surface area contributed by atoms with Crippen LogP contribution in [0.4, 0.5) is 10.5 Å². The number of rotatable bonds is 4. The lowest BCUT2D eigenvalue weighted by molar-refractivity contribution is -0.142. The van der Waals surface area contributed by atoms with Gasteiger partial charge in [0.05, 0.1) is 26.4 Å². The topological polar surface area (TPSA) is 96.9 Å². The van der Waals surface area contributed by atoms with Crippen LogP contribution in [0, 0.1) is 12.8 Å². The molecule has 114 valence electrons. The standard InChI is InChI=1S/C14H18N2O5/c1-8-5-9(20-2)3-4-11(8)15-14(19)16-12-7-21-6-10(12)13(17)18/h3-5,10,12H,6-7H2,1-2H3,(H,17,18)(H2,15,16,19). The Labute approximate surface area is 122 Å². The largest absolute Gasteiger partial charge is 0.497 e. The van der Waals surface area contributed by atoms with E-state index in [0.29, 0.717) is 11.4 Å². The summed E-state index contributed by atoms with van der Waals surface area (Å²) in [7, 11) is 1.57. The second kappa shape index (κ2) is 6.45. The number of benzene rings is 1. The smallest absolute Gasteiger partial charge is 0.319 e. The molecule has 1 heterocycles. The Morgan fingerprint density at radius 2 is 2.14 bits per heavy atom. The molecule has 2 rings (SSSR count). The number of hydrogen-bond donors (Lipinski definition) is 3. The zero-order chi connectivity index (χ0) is 15.4. The van der Waals surface area contributed by atoms with Crippen LogP contribution in [0.3, 0.4) is 0 Å². The van der Waals surface area contributed by atoms with E-state index < -0.39 is 24.0 Å². The fourth-order valence-corrected chi connectivity index (χ4v) is 2.17. The molecule has 1 aliphatic rings. The number of anilines is 1. The van der Waals surface area contributed by atoms with E-state index in [0.717, 1.165) is 5.56 Å². The fourth-order valence-electron chi connectivity index (χ4n) is 2.17. The molecule has 0 saturated carbocycles. The number of hydrogen-bond acceptors (Lipinski definition) is 4. The summed E-state index contributed by atoms with van der Waals surface area (Å²) in [6.45, 7) is 2.16. The average Bonchev–Trinajstić information content (AvgIpc) is 2.89. The van der Waals surface area contributed by atoms with Gasteiger partial charge in [-0.2, -0.15) is 0 Å². The summed E-state index contributed by atoms with van der Waals surface area (Å²) in [5.74, 6) is -0.986. The van der Waals surface area contributed by atoms with Crippen molar-refractivity contribution in [1.82, 2.24) is 5.32 Å². The number of ether oxygens (including phenoxy) is 2. The fraction of sp³-hybridized carbons (Fsp3) is 0.429. The number of methoxy groups -OCH3 is 1. The van der Waals surface area contributed by atoms with E-state index >= 15 is 0 Å². The van der Waals surface area contributed by atoms with Crippen molar-refractivity contribution in [2.75, 3.05) is 25.6 Å². The van der Waals surface area contributed by atoms with Gasteiger partial charge in [0.15, 0.2) is 0 Å². The molecule has 7 heteroatoms. The molecule has 0 radical (unpaired) electrons. The van der Waals surface area contributed by atoms with Gasteiger partial charge in [-0.15, -0.1) is 0 Å².